The van der Waals surface area contributed by atoms with Crippen molar-refractivity contribution in [2.75, 3.05) is 0 Å². The molecule has 0 radical (unpaired) electrons. The van der Waals surface area contributed by atoms with Crippen molar-refractivity contribution < 1.29 is 4.79 Å². The predicted molar refractivity (Wildman–Crippen MR) is 51.8 cm³/mol. The third kappa shape index (κ3) is 1.19. The third-order valence-electron chi connectivity index (χ3n) is 2.04. The number of halogens is 2. The molecule has 0 fully saturated rings. The second-order valence-electron chi connectivity index (χ2n) is 2.84. The van der Waals surface area contributed by atoms with Crippen LogP contribution in [0.1, 0.15) is 22.3 Å². The summed E-state index contributed by atoms with van der Waals surface area (Å²) in [5.74, 6) is 0.169. The van der Waals surface area contributed by atoms with E-state index in [-0.39, 0.29) is 5.78 Å². The predicted octanol–water partition coefficient (Wildman–Crippen LogP) is 3.23. The highest BCUT2D eigenvalue weighted by Crippen LogP contribution is 2.31. The molecule has 0 bridgehead atoms. The maximum absolute atomic E-state index is 11.3. The monoisotopic (exact) mass is 244 g/mol. The van der Waals surface area contributed by atoms with Gasteiger partial charge in [0.25, 0.3) is 0 Å². The minimum Gasteiger partial charge on any atom is -0.294 e. The van der Waals surface area contributed by atoms with Crippen molar-refractivity contribution in [3.63, 3.8) is 0 Å². The molecule has 3 heteroatoms. The number of carbonyl (C=O) groups is 1. The zero-order valence-electron chi connectivity index (χ0n) is 6.23. The Kier molecular flexibility index (Phi) is 1.97. The lowest BCUT2D eigenvalue weighted by atomic mass is 10.1. The van der Waals surface area contributed by atoms with Crippen molar-refractivity contribution in [1.29, 1.82) is 0 Å². The lowest BCUT2D eigenvalue weighted by Gasteiger charge is -2.00. The van der Waals surface area contributed by atoms with Crippen molar-refractivity contribution in [2.45, 2.75) is 12.8 Å². The number of aryl methyl sites for hydroxylation is 1. The van der Waals surface area contributed by atoms with Crippen LogP contribution in [0.5, 0.6) is 0 Å². The van der Waals surface area contributed by atoms with E-state index in [4.69, 9.17) is 11.6 Å². The fourth-order valence-electron chi connectivity index (χ4n) is 1.51. The number of benzene rings is 1. The number of hydrogen-bond donors (Lipinski definition) is 0. The molecule has 2 rings (SSSR count). The Morgan fingerprint density at radius 1 is 1.33 bits per heavy atom. The molecule has 0 saturated heterocycles. The molecule has 1 nitrogen and oxygen atoms in total. The van der Waals surface area contributed by atoms with Gasteiger partial charge < -0.3 is 0 Å². The minimum absolute atomic E-state index is 0.169. The van der Waals surface area contributed by atoms with E-state index in [0.717, 1.165) is 22.0 Å². The zero-order chi connectivity index (χ0) is 8.72. The maximum Gasteiger partial charge on any atom is 0.164 e. The molecule has 62 valence electrons. The molecule has 12 heavy (non-hydrogen) atoms. The average molecular weight is 246 g/mol. The summed E-state index contributed by atoms with van der Waals surface area (Å²) in [5, 5.41) is 0.571. The highest BCUT2D eigenvalue weighted by atomic mass is 79.9. The Balaban J connectivity index is 2.68. The summed E-state index contributed by atoms with van der Waals surface area (Å²) >= 11 is 9.26. The second-order valence-corrected chi connectivity index (χ2v) is 4.17. The Hall–Kier alpha value is -0.340. The van der Waals surface area contributed by atoms with Gasteiger partial charge in [-0.2, -0.15) is 0 Å². The van der Waals surface area contributed by atoms with Gasteiger partial charge in [0, 0.05) is 16.5 Å². The largest absolute Gasteiger partial charge is 0.294 e. The van der Waals surface area contributed by atoms with Crippen molar-refractivity contribution in [1.82, 2.24) is 0 Å². The van der Waals surface area contributed by atoms with Crippen LogP contribution in [0.2, 0.25) is 5.02 Å². The van der Waals surface area contributed by atoms with Gasteiger partial charge in [-0.3, -0.25) is 4.79 Å². The fourth-order valence-corrected chi connectivity index (χ4v) is 2.49. The van der Waals surface area contributed by atoms with Crippen molar-refractivity contribution >= 4 is 33.3 Å². The minimum atomic E-state index is 0.169. The van der Waals surface area contributed by atoms with Crippen molar-refractivity contribution in [3.05, 3.63) is 32.8 Å². The van der Waals surface area contributed by atoms with Crippen LogP contribution in [0.25, 0.3) is 0 Å². The molecule has 0 heterocycles. The zero-order valence-corrected chi connectivity index (χ0v) is 8.58. The highest BCUT2D eigenvalue weighted by molar-refractivity contribution is 9.10. The molecule has 0 aromatic heterocycles. The Labute approximate surface area is 83.9 Å². The van der Waals surface area contributed by atoms with Gasteiger partial charge in [-0.25, -0.2) is 0 Å². The first-order valence-corrected chi connectivity index (χ1v) is 4.86. The normalized spacial score (nSPS) is 15.0. The Morgan fingerprint density at radius 3 is 2.83 bits per heavy atom. The van der Waals surface area contributed by atoms with E-state index in [9.17, 15) is 4.79 Å². The van der Waals surface area contributed by atoms with Crippen LogP contribution in [0.15, 0.2) is 16.6 Å². The number of ketones is 1. The van der Waals surface area contributed by atoms with Crippen LogP contribution in [0, 0.1) is 0 Å². The molecular formula is C9H6BrClO. The van der Waals surface area contributed by atoms with Gasteiger partial charge in [-0.15, -0.1) is 0 Å². The van der Waals surface area contributed by atoms with Crippen LogP contribution in [0.4, 0.5) is 0 Å². The van der Waals surface area contributed by atoms with E-state index < -0.39 is 0 Å². The van der Waals surface area contributed by atoms with E-state index in [1.807, 2.05) is 6.07 Å². The summed E-state index contributed by atoms with van der Waals surface area (Å²) in [6.45, 7) is 0. The summed E-state index contributed by atoms with van der Waals surface area (Å²) in [4.78, 5) is 11.3. The average Bonchev–Trinajstić information content (AvgIpc) is 2.31. The molecule has 0 atom stereocenters. The van der Waals surface area contributed by atoms with E-state index in [1.54, 1.807) is 6.07 Å². The van der Waals surface area contributed by atoms with Crippen LogP contribution in [-0.2, 0) is 6.42 Å². The topological polar surface area (TPSA) is 17.1 Å². The Morgan fingerprint density at radius 2 is 2.08 bits per heavy atom. The summed E-state index contributed by atoms with van der Waals surface area (Å²) in [7, 11) is 0. The smallest absolute Gasteiger partial charge is 0.164 e. The number of carbonyl (C=O) groups excluding carboxylic acids is 1. The third-order valence-corrected chi connectivity index (χ3v) is 2.79. The molecule has 0 saturated carbocycles. The maximum atomic E-state index is 11.3. The fraction of sp³-hybridized carbons (Fsp3) is 0.222. The molecular weight excluding hydrogens is 239 g/mol. The first kappa shape index (κ1) is 8.27. The summed E-state index contributed by atoms with van der Waals surface area (Å²) in [5.41, 5.74) is 1.79. The standard InChI is InChI=1S/C9H6BrClO/c10-6-3-5-1-2-8(12)9(5)7(11)4-6/h3-4H,1-2H2. The lowest BCUT2D eigenvalue weighted by Crippen LogP contribution is -1.92. The quantitative estimate of drug-likeness (QED) is 0.686. The first-order chi connectivity index (χ1) is 5.68. The molecule has 0 aliphatic heterocycles. The second kappa shape index (κ2) is 2.86. The lowest BCUT2D eigenvalue weighted by molar-refractivity contribution is 0.0994. The van der Waals surface area contributed by atoms with E-state index >= 15 is 0 Å². The van der Waals surface area contributed by atoms with E-state index in [2.05, 4.69) is 15.9 Å². The number of rotatable bonds is 0. The number of hydrogen-bond acceptors (Lipinski definition) is 1. The van der Waals surface area contributed by atoms with E-state index in [1.165, 1.54) is 0 Å². The molecule has 1 aromatic carbocycles. The molecule has 0 amide bonds. The van der Waals surface area contributed by atoms with Gasteiger partial charge in [0.15, 0.2) is 5.78 Å². The summed E-state index contributed by atoms with van der Waals surface area (Å²) in [6.07, 6.45) is 1.43. The van der Waals surface area contributed by atoms with Gasteiger partial charge in [-0.1, -0.05) is 27.5 Å². The van der Waals surface area contributed by atoms with Gasteiger partial charge >= 0.3 is 0 Å². The van der Waals surface area contributed by atoms with Gasteiger partial charge in [0.1, 0.15) is 0 Å². The van der Waals surface area contributed by atoms with Gasteiger partial charge in [0.2, 0.25) is 0 Å². The van der Waals surface area contributed by atoms with Crippen molar-refractivity contribution in [3.8, 4) is 0 Å². The summed E-state index contributed by atoms with van der Waals surface area (Å²) < 4.78 is 0.945. The van der Waals surface area contributed by atoms with Crippen LogP contribution in [-0.4, -0.2) is 5.78 Å². The van der Waals surface area contributed by atoms with Crippen LogP contribution < -0.4 is 0 Å². The van der Waals surface area contributed by atoms with Crippen LogP contribution >= 0.6 is 27.5 Å². The van der Waals surface area contributed by atoms with Crippen LogP contribution in [0.3, 0.4) is 0 Å². The molecule has 1 aliphatic carbocycles. The highest BCUT2D eigenvalue weighted by Gasteiger charge is 2.22. The van der Waals surface area contributed by atoms with Gasteiger partial charge in [-0.05, 0) is 24.1 Å². The number of fused-ring (bicyclic) bond motifs is 1. The SMILES string of the molecule is O=C1CCc2cc(Br)cc(Cl)c21. The molecule has 0 N–H and O–H groups in total. The molecule has 1 aromatic rings. The molecule has 0 unspecified atom stereocenters. The number of Topliss-reactive ketones (excluding diaryl/α,β-unsaturated/α-hetero) is 1. The van der Waals surface area contributed by atoms with Gasteiger partial charge in [0.05, 0.1) is 5.02 Å². The molecule has 1 aliphatic rings. The first-order valence-electron chi connectivity index (χ1n) is 3.69. The Bertz CT molecular complexity index is 360. The van der Waals surface area contributed by atoms with E-state index in [0.29, 0.717) is 11.4 Å². The van der Waals surface area contributed by atoms with Crippen molar-refractivity contribution in [2.24, 2.45) is 0 Å². The molecule has 0 spiro atoms. The summed E-state index contributed by atoms with van der Waals surface area (Å²) in [6, 6.07) is 3.73.